The Morgan fingerprint density at radius 3 is 2.42 bits per heavy atom. The summed E-state index contributed by atoms with van der Waals surface area (Å²) < 4.78 is 1.16. The van der Waals surface area contributed by atoms with Crippen LogP contribution in [0.25, 0.3) is 0 Å². The van der Waals surface area contributed by atoms with Crippen LogP contribution in [0.1, 0.15) is 26.7 Å². The van der Waals surface area contributed by atoms with Crippen LogP contribution in [0, 0.1) is 5.41 Å². The van der Waals surface area contributed by atoms with E-state index >= 15 is 0 Å². The highest BCUT2D eigenvalue weighted by Crippen LogP contribution is 2.12. The van der Waals surface area contributed by atoms with Gasteiger partial charge in [0.2, 0.25) is 0 Å². The van der Waals surface area contributed by atoms with Gasteiger partial charge in [-0.05, 0) is 63.1 Å². The molecule has 0 aromatic rings. The predicted octanol–water partition coefficient (Wildman–Crippen LogP) is 4.00. The number of hydrogen-bond donors (Lipinski definition) is 2. The molecule has 0 bridgehead atoms. The molecule has 1 aliphatic carbocycles. The molecule has 0 fully saturated rings. The Balaban J connectivity index is 2.76. The lowest BCUT2D eigenvalue weighted by Gasteiger charge is -2.11. The van der Waals surface area contributed by atoms with Gasteiger partial charge in [-0.1, -0.05) is 25.3 Å². The van der Waals surface area contributed by atoms with Crippen LogP contribution in [-0.2, 0) is 0 Å². The smallest absolute Gasteiger partial charge is 0.175 e. The zero-order valence-electron chi connectivity index (χ0n) is 15.4. The normalized spacial score (nSPS) is 16.5. The molecule has 2 N–H and O–H groups in total. The summed E-state index contributed by atoms with van der Waals surface area (Å²) in [6.45, 7) is 11.0. The average molecular weight is 361 g/mol. The number of allylic oxidation sites excluding steroid dienone is 10. The van der Waals surface area contributed by atoms with Crippen molar-refractivity contribution in [2.75, 3.05) is 0 Å². The van der Waals surface area contributed by atoms with E-state index in [0.717, 1.165) is 23.0 Å². The molecule has 0 aromatic heterocycles. The minimum absolute atomic E-state index is 0.442. The van der Waals surface area contributed by atoms with Crippen molar-refractivity contribution in [1.82, 2.24) is 5.43 Å². The van der Waals surface area contributed by atoms with Crippen molar-refractivity contribution in [2.24, 2.45) is 15.3 Å². The monoisotopic (exact) mass is 361 g/mol. The maximum atomic E-state index is 7.38. The molecule has 1 aliphatic rings. The minimum atomic E-state index is 0.442. The van der Waals surface area contributed by atoms with Crippen LogP contribution in [0.5, 0.6) is 0 Å². The minimum Gasteiger partial charge on any atom is -0.306 e. The van der Waals surface area contributed by atoms with Crippen LogP contribution < -0.4 is 5.43 Å². The molecule has 6 heteroatoms. The van der Waals surface area contributed by atoms with Crippen molar-refractivity contribution in [1.29, 1.82) is 5.41 Å². The Labute approximate surface area is 164 Å². The maximum absolute atomic E-state index is 7.38. The summed E-state index contributed by atoms with van der Waals surface area (Å²) in [4.78, 5) is 0. The number of nitrogens with one attached hydrogen (secondary N) is 2. The van der Waals surface area contributed by atoms with Gasteiger partial charge < -0.3 is 5.41 Å². The molecule has 0 saturated heterocycles. The van der Waals surface area contributed by atoms with Crippen LogP contribution in [-0.4, -0.2) is 39.1 Å². The van der Waals surface area contributed by atoms with E-state index in [1.807, 2.05) is 19.1 Å². The van der Waals surface area contributed by atoms with Gasteiger partial charge in [0.15, 0.2) is 16.3 Å². The molecule has 0 aliphatic heterocycles. The van der Waals surface area contributed by atoms with Crippen molar-refractivity contribution in [3.05, 3.63) is 71.9 Å². The summed E-state index contributed by atoms with van der Waals surface area (Å²) in [5, 5.41) is 20.0. The van der Waals surface area contributed by atoms with Gasteiger partial charge in [0.05, 0.1) is 17.1 Å². The summed E-state index contributed by atoms with van der Waals surface area (Å²) in [7, 11) is 0. The zero-order chi connectivity index (χ0) is 19.4. The number of nitrogens with zero attached hydrogens (tertiary/aromatic N) is 3. The second-order valence-electron chi connectivity index (χ2n) is 5.59. The maximum Gasteiger partial charge on any atom is 0.175 e. The molecule has 0 atom stereocenters. The highest BCUT2D eigenvalue weighted by atomic mass is 27.0. The SMILES string of the molecule is C=CC(C=CC(C)=N)=NN=C(C)C=CC(C=C)=NNC1=C[C]([Al])=CCC1. The Morgan fingerprint density at radius 2 is 1.81 bits per heavy atom. The molecule has 132 valence electrons. The van der Waals surface area contributed by atoms with Crippen molar-refractivity contribution in [2.45, 2.75) is 26.7 Å². The molecule has 0 spiro atoms. The average Bonchev–Trinajstić information content (AvgIpc) is 2.61. The van der Waals surface area contributed by atoms with Crippen LogP contribution in [0.4, 0.5) is 0 Å². The topological polar surface area (TPSA) is 73.0 Å². The van der Waals surface area contributed by atoms with Crippen molar-refractivity contribution < 1.29 is 0 Å². The quantitative estimate of drug-likeness (QED) is 0.364. The van der Waals surface area contributed by atoms with E-state index in [4.69, 9.17) is 5.41 Å². The largest absolute Gasteiger partial charge is 0.306 e. The lowest BCUT2D eigenvalue weighted by Crippen LogP contribution is -2.10. The van der Waals surface area contributed by atoms with Gasteiger partial charge in [-0.15, -0.1) is 4.44 Å². The molecule has 26 heavy (non-hydrogen) atoms. The fourth-order valence-corrected chi connectivity index (χ4v) is 2.20. The summed E-state index contributed by atoms with van der Waals surface area (Å²) in [6.07, 6.45) is 16.4. The molecular formula is C20H24AlN5. The van der Waals surface area contributed by atoms with E-state index in [-0.39, 0.29) is 0 Å². The van der Waals surface area contributed by atoms with Gasteiger partial charge in [-0.3, -0.25) is 5.43 Å². The highest BCUT2D eigenvalue weighted by molar-refractivity contribution is 6.23. The number of rotatable bonds is 9. The summed E-state index contributed by atoms with van der Waals surface area (Å²) >= 11 is 2.70. The highest BCUT2D eigenvalue weighted by Gasteiger charge is 2.00. The van der Waals surface area contributed by atoms with E-state index in [9.17, 15) is 0 Å². The Hall–Kier alpha value is -2.55. The standard InChI is InChI=1S/C20H24N5.Al/c1-5-18(14-12-16(3)21)23-22-17(4)13-15-19(6-2)24-25-20-10-8-7-9-11-20;/h5-7,11-15,21,25H,1-2,8,10H2,3-4H3;. The van der Waals surface area contributed by atoms with E-state index < -0.39 is 0 Å². The lowest BCUT2D eigenvalue weighted by atomic mass is 10.1. The van der Waals surface area contributed by atoms with Gasteiger partial charge in [0.25, 0.3) is 0 Å². The second kappa shape index (κ2) is 11.9. The van der Waals surface area contributed by atoms with Crippen molar-refractivity contribution >= 4 is 39.1 Å². The number of hydrazone groups is 1. The van der Waals surface area contributed by atoms with Gasteiger partial charge in [-0.25, -0.2) is 0 Å². The molecule has 5 nitrogen and oxygen atoms in total. The second-order valence-corrected chi connectivity index (χ2v) is 6.25. The summed E-state index contributed by atoms with van der Waals surface area (Å²) in [6, 6.07) is 0. The van der Waals surface area contributed by atoms with Crippen LogP contribution in [0.2, 0.25) is 0 Å². The molecule has 0 heterocycles. The third-order valence-electron chi connectivity index (χ3n) is 3.20. The van der Waals surface area contributed by atoms with E-state index in [1.165, 1.54) is 0 Å². The van der Waals surface area contributed by atoms with Gasteiger partial charge >= 0.3 is 0 Å². The van der Waals surface area contributed by atoms with E-state index in [0.29, 0.717) is 22.8 Å². The fourth-order valence-electron chi connectivity index (χ4n) is 1.83. The summed E-state index contributed by atoms with van der Waals surface area (Å²) in [5.74, 6) is 0. The van der Waals surface area contributed by atoms with Crippen molar-refractivity contribution in [3.63, 3.8) is 0 Å². The van der Waals surface area contributed by atoms with Gasteiger partial charge in [-0.2, -0.15) is 15.3 Å². The summed E-state index contributed by atoms with van der Waals surface area (Å²) in [5.41, 5.74) is 6.60. The first-order valence-corrected chi connectivity index (χ1v) is 8.80. The first-order valence-electron chi connectivity index (χ1n) is 8.23. The Bertz CT molecular complexity index is 761. The zero-order valence-corrected chi connectivity index (χ0v) is 16.5. The third kappa shape index (κ3) is 9.07. The molecule has 1 rings (SSSR count). The van der Waals surface area contributed by atoms with E-state index in [2.05, 4.69) is 62.3 Å². The predicted molar refractivity (Wildman–Crippen MR) is 114 cm³/mol. The number of hydrogen-bond acceptors (Lipinski definition) is 5. The van der Waals surface area contributed by atoms with E-state index in [1.54, 1.807) is 31.2 Å². The fraction of sp³-hybridized carbons (Fsp3) is 0.200. The molecule has 0 amide bonds. The third-order valence-corrected chi connectivity index (χ3v) is 3.61. The van der Waals surface area contributed by atoms with Crippen LogP contribution >= 0.6 is 0 Å². The first-order chi connectivity index (χ1) is 12.4. The molecular weight excluding hydrogens is 337 g/mol. The van der Waals surface area contributed by atoms with Crippen LogP contribution in [0.15, 0.2) is 87.2 Å². The lowest BCUT2D eigenvalue weighted by molar-refractivity contribution is 0.790. The Morgan fingerprint density at radius 1 is 1.12 bits per heavy atom. The molecule has 0 aromatic carbocycles. The van der Waals surface area contributed by atoms with Gasteiger partial charge in [0.1, 0.15) is 0 Å². The molecule has 2 radical (unpaired) electrons. The first kappa shape index (κ1) is 21.5. The molecule has 0 saturated carbocycles. The van der Waals surface area contributed by atoms with Crippen LogP contribution in [0.3, 0.4) is 0 Å². The van der Waals surface area contributed by atoms with Gasteiger partial charge in [0, 0.05) is 11.4 Å². The molecule has 0 unspecified atom stereocenters. The Kier molecular flexibility index (Phi) is 9.85. The van der Waals surface area contributed by atoms with Crippen molar-refractivity contribution in [3.8, 4) is 0 Å².